The highest BCUT2D eigenvalue weighted by Crippen LogP contribution is 2.21. The van der Waals surface area contributed by atoms with Crippen molar-refractivity contribution in [3.05, 3.63) is 54.6 Å². The first-order valence-corrected chi connectivity index (χ1v) is 4.75. The lowest BCUT2D eigenvalue weighted by molar-refractivity contribution is 1.55. The lowest BCUT2D eigenvalue weighted by atomic mass is 10.1. The van der Waals surface area contributed by atoms with E-state index < -0.39 is 0 Å². The van der Waals surface area contributed by atoms with E-state index in [-0.39, 0.29) is 0 Å². The highest BCUT2D eigenvalue weighted by Gasteiger charge is 1.95. The molecule has 68 valence electrons. The van der Waals surface area contributed by atoms with Crippen molar-refractivity contribution >= 4 is 18.1 Å². The fourth-order valence-corrected chi connectivity index (χ4v) is 1.47. The Labute approximate surface area is 88.6 Å². The van der Waals surface area contributed by atoms with E-state index in [1.54, 1.807) is 0 Å². The van der Waals surface area contributed by atoms with E-state index in [0.29, 0.717) is 0 Å². The molecule has 0 fully saturated rings. The minimum atomic E-state index is 0.833. The van der Waals surface area contributed by atoms with Crippen LogP contribution in [0.5, 0.6) is 0 Å². The molecular weight excluding hydrogens is 190 g/mol. The predicted molar refractivity (Wildman–Crippen MR) is 61.3 cm³/mol. The van der Waals surface area contributed by atoms with Crippen LogP contribution in [0.2, 0.25) is 0 Å². The van der Waals surface area contributed by atoms with Gasteiger partial charge < -0.3 is 0 Å². The number of hydrogen-bond donors (Lipinski definition) is 0. The van der Waals surface area contributed by atoms with Gasteiger partial charge in [-0.15, -0.1) is 0 Å². The van der Waals surface area contributed by atoms with E-state index >= 15 is 0 Å². The van der Waals surface area contributed by atoms with Crippen molar-refractivity contribution in [2.24, 2.45) is 4.36 Å². The van der Waals surface area contributed by atoms with E-state index in [4.69, 9.17) is 0 Å². The average Bonchev–Trinajstić information content (AvgIpc) is 2.30. The summed E-state index contributed by atoms with van der Waals surface area (Å²) in [5, 5.41) is 0. The largest absolute Gasteiger partial charge is 0.182 e. The Balaban J connectivity index is 2.39. The van der Waals surface area contributed by atoms with Crippen LogP contribution in [-0.4, -0.2) is 0 Å². The molecule has 0 spiro atoms. The van der Waals surface area contributed by atoms with Gasteiger partial charge in [0.25, 0.3) is 0 Å². The summed E-state index contributed by atoms with van der Waals surface area (Å²) >= 11 is 4.60. The molecule has 0 unspecified atom stereocenters. The maximum absolute atomic E-state index is 4.60. The summed E-state index contributed by atoms with van der Waals surface area (Å²) in [7, 11) is 0. The third-order valence-electron chi connectivity index (χ3n) is 2.08. The molecule has 2 rings (SSSR count). The van der Waals surface area contributed by atoms with Gasteiger partial charge in [-0.1, -0.05) is 42.5 Å². The van der Waals surface area contributed by atoms with Crippen molar-refractivity contribution in [1.29, 1.82) is 0 Å². The van der Waals surface area contributed by atoms with Crippen molar-refractivity contribution in [2.75, 3.05) is 0 Å². The van der Waals surface area contributed by atoms with Crippen LogP contribution >= 0.6 is 0 Å². The number of benzene rings is 2. The molecule has 0 N–H and O–H groups in total. The first-order chi connectivity index (χ1) is 6.90. The van der Waals surface area contributed by atoms with Crippen LogP contribution in [0.3, 0.4) is 0 Å². The second-order valence-corrected chi connectivity index (χ2v) is 3.19. The summed E-state index contributed by atoms with van der Waals surface area (Å²) < 4.78 is 3.69. The van der Waals surface area contributed by atoms with Crippen molar-refractivity contribution in [2.45, 2.75) is 0 Å². The summed E-state index contributed by atoms with van der Waals surface area (Å²) in [6.07, 6.45) is 0. The maximum atomic E-state index is 4.60. The molecule has 0 saturated heterocycles. The molecule has 0 saturated carbocycles. The van der Waals surface area contributed by atoms with Crippen LogP contribution in [-0.2, 0) is 12.4 Å². The van der Waals surface area contributed by atoms with Crippen LogP contribution < -0.4 is 0 Å². The molecule has 0 aliphatic rings. The second-order valence-electron chi connectivity index (χ2n) is 3.00. The van der Waals surface area contributed by atoms with E-state index in [1.807, 2.05) is 42.5 Å². The lowest BCUT2D eigenvalue weighted by Gasteiger charge is -2.00. The van der Waals surface area contributed by atoms with Crippen molar-refractivity contribution in [3.8, 4) is 11.1 Å². The molecule has 0 radical (unpaired) electrons. The van der Waals surface area contributed by atoms with Crippen LogP contribution in [0.1, 0.15) is 0 Å². The van der Waals surface area contributed by atoms with Gasteiger partial charge in [-0.2, -0.15) is 4.36 Å². The minimum absolute atomic E-state index is 0.833. The monoisotopic (exact) mass is 199 g/mol. The molecule has 14 heavy (non-hydrogen) atoms. The Hall–Kier alpha value is -1.54. The zero-order valence-corrected chi connectivity index (χ0v) is 8.37. The molecule has 2 aromatic rings. The fourth-order valence-electron chi connectivity index (χ4n) is 1.35. The van der Waals surface area contributed by atoms with E-state index in [0.717, 1.165) is 5.69 Å². The normalized spacial score (nSPS) is 9.71. The van der Waals surface area contributed by atoms with Gasteiger partial charge in [0.1, 0.15) is 0 Å². The standard InChI is InChI=1S/C12H9NS/c14-13-12-8-6-11(7-9-12)10-4-2-1-3-5-10/h1-9H. The van der Waals surface area contributed by atoms with E-state index in [1.165, 1.54) is 11.1 Å². The summed E-state index contributed by atoms with van der Waals surface area (Å²) in [5.41, 5.74) is 3.23. The van der Waals surface area contributed by atoms with E-state index in [9.17, 15) is 0 Å². The quantitative estimate of drug-likeness (QED) is 0.718. The molecule has 0 atom stereocenters. The maximum Gasteiger partial charge on any atom is 0.0769 e. The molecule has 0 aliphatic heterocycles. The molecule has 2 aromatic carbocycles. The molecule has 0 heterocycles. The Morgan fingerprint density at radius 2 is 1.29 bits per heavy atom. The Morgan fingerprint density at radius 1 is 0.714 bits per heavy atom. The van der Waals surface area contributed by atoms with Gasteiger partial charge in [0.15, 0.2) is 0 Å². The number of rotatable bonds is 2. The van der Waals surface area contributed by atoms with Gasteiger partial charge in [0.05, 0.1) is 5.69 Å². The average molecular weight is 199 g/mol. The molecule has 0 amide bonds. The van der Waals surface area contributed by atoms with Crippen LogP contribution in [0.25, 0.3) is 11.1 Å². The van der Waals surface area contributed by atoms with Gasteiger partial charge >= 0.3 is 0 Å². The zero-order valence-electron chi connectivity index (χ0n) is 7.55. The van der Waals surface area contributed by atoms with Gasteiger partial charge in [-0.25, -0.2) is 0 Å². The minimum Gasteiger partial charge on any atom is -0.182 e. The first-order valence-electron chi connectivity index (χ1n) is 4.39. The SMILES string of the molecule is S=Nc1ccc(-c2ccccc2)cc1. The Bertz CT molecular complexity index is 420. The molecule has 1 nitrogen and oxygen atoms in total. The summed E-state index contributed by atoms with van der Waals surface area (Å²) in [6, 6.07) is 18.1. The van der Waals surface area contributed by atoms with Crippen LogP contribution in [0.15, 0.2) is 59.0 Å². The Morgan fingerprint density at radius 3 is 1.86 bits per heavy atom. The Kier molecular flexibility index (Phi) is 2.65. The van der Waals surface area contributed by atoms with Crippen molar-refractivity contribution in [1.82, 2.24) is 0 Å². The first kappa shape index (κ1) is 9.03. The summed E-state index contributed by atoms with van der Waals surface area (Å²) in [5.74, 6) is 0. The lowest BCUT2D eigenvalue weighted by Crippen LogP contribution is -1.74. The van der Waals surface area contributed by atoms with Gasteiger partial charge in [-0.3, -0.25) is 0 Å². The number of nitrogens with zero attached hydrogens (tertiary/aromatic N) is 1. The van der Waals surface area contributed by atoms with Gasteiger partial charge in [0.2, 0.25) is 0 Å². The third kappa shape index (κ3) is 1.86. The smallest absolute Gasteiger partial charge is 0.0769 e. The fraction of sp³-hybridized carbons (Fsp3) is 0. The molecule has 0 bridgehead atoms. The molecule has 2 heteroatoms. The number of hydrogen-bond acceptors (Lipinski definition) is 2. The topological polar surface area (TPSA) is 12.4 Å². The second kappa shape index (κ2) is 4.11. The highest BCUT2D eigenvalue weighted by molar-refractivity contribution is 7.47. The van der Waals surface area contributed by atoms with Crippen LogP contribution in [0, 0.1) is 0 Å². The molecule has 0 aromatic heterocycles. The van der Waals surface area contributed by atoms with E-state index in [2.05, 4.69) is 28.9 Å². The zero-order chi connectivity index (χ0) is 9.80. The predicted octanol–water partition coefficient (Wildman–Crippen LogP) is 3.72. The summed E-state index contributed by atoms with van der Waals surface area (Å²) in [6.45, 7) is 0. The highest BCUT2D eigenvalue weighted by atomic mass is 32.1. The van der Waals surface area contributed by atoms with Crippen molar-refractivity contribution < 1.29 is 0 Å². The third-order valence-corrected chi connectivity index (χ3v) is 2.29. The molecule has 0 aliphatic carbocycles. The van der Waals surface area contributed by atoms with Crippen molar-refractivity contribution in [3.63, 3.8) is 0 Å². The van der Waals surface area contributed by atoms with Crippen LogP contribution in [0.4, 0.5) is 5.69 Å². The summed E-state index contributed by atoms with van der Waals surface area (Å²) in [4.78, 5) is 0. The van der Waals surface area contributed by atoms with Gasteiger partial charge in [0, 0.05) is 12.4 Å². The van der Waals surface area contributed by atoms with Gasteiger partial charge in [-0.05, 0) is 23.3 Å². The molecular formula is C12H9NS.